The quantitative estimate of drug-likeness (QED) is 0.157. The summed E-state index contributed by atoms with van der Waals surface area (Å²) in [4.78, 5) is 31.9. The molecule has 5 aromatic rings. The van der Waals surface area contributed by atoms with Crippen LogP contribution < -0.4 is 31.7 Å². The molecule has 13 heteroatoms. The Morgan fingerprint density at radius 3 is 2.35 bits per heavy atom. The third-order valence-electron chi connectivity index (χ3n) is 9.64. The molecule has 7 rings (SSSR count). The van der Waals surface area contributed by atoms with Crippen LogP contribution in [-0.2, 0) is 20.8 Å². The van der Waals surface area contributed by atoms with E-state index in [1.807, 2.05) is 36.4 Å². The van der Waals surface area contributed by atoms with E-state index in [9.17, 15) is 14.0 Å². The molecule has 2 aliphatic heterocycles. The van der Waals surface area contributed by atoms with E-state index >= 15 is 0 Å². The monoisotopic (exact) mass is 735 g/mol. The van der Waals surface area contributed by atoms with Gasteiger partial charge in [0, 0.05) is 66.3 Å². The molecule has 0 spiro atoms. The molecule has 1 amide bonds. The number of benzene rings is 3. The van der Waals surface area contributed by atoms with Crippen molar-refractivity contribution < 1.29 is 32.9 Å². The number of pyridine rings is 2. The Morgan fingerprint density at radius 2 is 1.63 bits per heavy atom. The molecule has 2 saturated heterocycles. The number of nitrogen functional groups attached to an aromatic ring is 1. The van der Waals surface area contributed by atoms with Crippen LogP contribution >= 0.6 is 0 Å². The zero-order chi connectivity index (χ0) is 37.7. The number of carbonyl (C=O) groups is 1. The smallest absolute Gasteiger partial charge is 0.261 e. The van der Waals surface area contributed by atoms with Crippen LogP contribution in [0.25, 0.3) is 33.4 Å². The van der Waals surface area contributed by atoms with Crippen LogP contribution in [0.15, 0.2) is 96.2 Å². The van der Waals surface area contributed by atoms with Crippen molar-refractivity contribution in [3.63, 3.8) is 0 Å². The molecular formula is C41H42FN5O7. The molecule has 0 saturated carbocycles. The highest BCUT2D eigenvalue weighted by Crippen LogP contribution is 2.35. The number of anilines is 2. The maximum absolute atomic E-state index is 13.8. The van der Waals surface area contributed by atoms with Crippen LogP contribution in [0.1, 0.15) is 23.2 Å². The molecule has 12 nitrogen and oxygen atoms in total. The summed E-state index contributed by atoms with van der Waals surface area (Å²) in [5.74, 6) is 0.454. The number of hydrogen-bond donors (Lipinski definition) is 3. The van der Waals surface area contributed by atoms with E-state index in [1.165, 1.54) is 30.5 Å². The summed E-state index contributed by atoms with van der Waals surface area (Å²) >= 11 is 0. The Balaban J connectivity index is 1.10. The second kappa shape index (κ2) is 16.2. The van der Waals surface area contributed by atoms with Crippen LogP contribution in [0.5, 0.6) is 11.5 Å². The average molecular weight is 736 g/mol. The minimum Gasteiger partial charge on any atom is -0.493 e. The summed E-state index contributed by atoms with van der Waals surface area (Å²) in [7, 11) is 1.58. The molecule has 5 N–H and O–H groups in total. The lowest BCUT2D eigenvalue weighted by Crippen LogP contribution is -2.48. The molecule has 0 radical (unpaired) electrons. The van der Waals surface area contributed by atoms with E-state index in [1.54, 1.807) is 36.2 Å². The Labute approximate surface area is 311 Å². The van der Waals surface area contributed by atoms with Gasteiger partial charge in [-0.25, -0.2) is 9.37 Å². The van der Waals surface area contributed by atoms with Gasteiger partial charge in [0.2, 0.25) is 5.43 Å². The van der Waals surface area contributed by atoms with Crippen molar-refractivity contribution in [3.8, 4) is 44.9 Å². The molecule has 2 aromatic heterocycles. The van der Waals surface area contributed by atoms with Gasteiger partial charge in [0.25, 0.3) is 5.91 Å². The van der Waals surface area contributed by atoms with Crippen LogP contribution in [0.2, 0.25) is 0 Å². The summed E-state index contributed by atoms with van der Waals surface area (Å²) in [5, 5.41) is 2.86. The molecule has 3 aromatic carbocycles. The molecule has 0 aliphatic carbocycles. The van der Waals surface area contributed by atoms with Crippen LogP contribution in [-0.4, -0.2) is 73.9 Å². The first-order valence-electron chi connectivity index (χ1n) is 17.7. The van der Waals surface area contributed by atoms with Crippen molar-refractivity contribution in [2.24, 2.45) is 5.73 Å². The number of methoxy groups -OCH3 is 1. The highest BCUT2D eigenvalue weighted by Gasteiger charge is 2.29. The Hall–Kier alpha value is -5.60. The molecule has 280 valence electrons. The normalized spacial score (nSPS) is 16.8. The second-order valence-corrected chi connectivity index (χ2v) is 13.5. The van der Waals surface area contributed by atoms with Crippen molar-refractivity contribution in [3.05, 3.63) is 113 Å². The highest BCUT2D eigenvalue weighted by molar-refractivity contribution is 6.04. The fraction of sp³-hybridized carbons (Fsp3) is 0.293. The van der Waals surface area contributed by atoms with Gasteiger partial charge < -0.3 is 45.0 Å². The highest BCUT2D eigenvalue weighted by atomic mass is 19.1. The Kier molecular flexibility index (Phi) is 11.0. The number of halogens is 1. The van der Waals surface area contributed by atoms with Crippen LogP contribution in [0.3, 0.4) is 0 Å². The van der Waals surface area contributed by atoms with E-state index in [-0.39, 0.29) is 17.2 Å². The predicted octanol–water partition coefficient (Wildman–Crippen LogP) is 5.53. The first kappa shape index (κ1) is 36.7. The average Bonchev–Trinajstić information content (AvgIpc) is 3.19. The number of nitrogens with two attached hydrogens (primary N) is 2. The van der Waals surface area contributed by atoms with E-state index in [4.69, 9.17) is 35.2 Å². The van der Waals surface area contributed by atoms with Gasteiger partial charge in [0.15, 0.2) is 11.5 Å². The maximum Gasteiger partial charge on any atom is 0.261 e. The summed E-state index contributed by atoms with van der Waals surface area (Å²) in [6.07, 6.45) is 5.99. The predicted molar refractivity (Wildman–Crippen MR) is 203 cm³/mol. The molecule has 4 heterocycles. The van der Waals surface area contributed by atoms with Gasteiger partial charge >= 0.3 is 0 Å². The zero-order valence-corrected chi connectivity index (χ0v) is 29.9. The molecule has 2 aliphatic rings. The lowest BCUT2D eigenvalue weighted by molar-refractivity contribution is -0.101. The van der Waals surface area contributed by atoms with Gasteiger partial charge in [-0.15, -0.1) is 0 Å². The Bertz CT molecular complexity index is 2160. The van der Waals surface area contributed by atoms with Gasteiger partial charge in [-0.2, -0.15) is 0 Å². The van der Waals surface area contributed by atoms with Crippen molar-refractivity contribution >= 4 is 17.4 Å². The maximum atomic E-state index is 13.8. The van der Waals surface area contributed by atoms with Crippen LogP contribution in [0.4, 0.5) is 15.9 Å². The van der Waals surface area contributed by atoms with E-state index in [0.717, 1.165) is 16.7 Å². The molecule has 0 bridgehead atoms. The number of rotatable bonds is 11. The van der Waals surface area contributed by atoms with Gasteiger partial charge in [0.05, 0.1) is 26.9 Å². The van der Waals surface area contributed by atoms with Gasteiger partial charge in [0.1, 0.15) is 29.9 Å². The topological polar surface area (TPSA) is 162 Å². The number of hydrogen-bond acceptors (Lipinski definition) is 10. The molecular weight excluding hydrogens is 693 g/mol. The lowest BCUT2D eigenvalue weighted by atomic mass is 9.91. The van der Waals surface area contributed by atoms with Gasteiger partial charge in [-0.1, -0.05) is 30.3 Å². The van der Waals surface area contributed by atoms with E-state index < -0.39 is 22.7 Å². The van der Waals surface area contributed by atoms with Crippen molar-refractivity contribution in [1.29, 1.82) is 0 Å². The Morgan fingerprint density at radius 1 is 0.907 bits per heavy atom. The number of nitrogens with zero attached hydrogens (tertiary/aromatic N) is 2. The van der Waals surface area contributed by atoms with E-state index in [0.29, 0.717) is 93.2 Å². The van der Waals surface area contributed by atoms with Crippen LogP contribution in [0, 0.1) is 5.82 Å². The molecule has 1 atom stereocenters. The fourth-order valence-electron chi connectivity index (χ4n) is 6.60. The van der Waals surface area contributed by atoms with Crippen molar-refractivity contribution in [2.45, 2.75) is 31.0 Å². The number of nitrogens with one attached hydrogen (secondary N) is 1. The lowest BCUT2D eigenvalue weighted by Gasteiger charge is -2.34. The summed E-state index contributed by atoms with van der Waals surface area (Å²) < 4.78 is 43.8. The standard InChI is InChI=1S/C41H42FN5O7/c1-50-37-19-28(6-11-36(37)54-24-32-23-52-16-17-53-32)29-18-33(39(43)45-20-29)26-4-9-31(10-5-26)46-40(49)35-22-47(25-41(44)12-14-51-15-13-41)21-34(38(35)48)27-2-7-30(42)8-3-27/h2-11,18-22,32H,12-17,23-25,44H2,1H3,(H2,43,45)(H,46,49)/t32-/m1/s1. The molecule has 0 unspecified atom stereocenters. The summed E-state index contributed by atoms with van der Waals surface area (Å²) in [6, 6.07) is 20.3. The van der Waals surface area contributed by atoms with Crippen molar-refractivity contribution in [2.75, 3.05) is 57.8 Å². The number of carbonyl (C=O) groups excluding carboxylic acids is 1. The molecule has 54 heavy (non-hydrogen) atoms. The third kappa shape index (κ3) is 8.45. The van der Waals surface area contributed by atoms with E-state index in [2.05, 4.69) is 10.3 Å². The first-order valence-corrected chi connectivity index (χ1v) is 17.7. The fourth-order valence-corrected chi connectivity index (χ4v) is 6.60. The third-order valence-corrected chi connectivity index (χ3v) is 9.64. The zero-order valence-electron chi connectivity index (χ0n) is 29.9. The summed E-state index contributed by atoms with van der Waals surface area (Å²) in [6.45, 7) is 3.37. The summed E-state index contributed by atoms with van der Waals surface area (Å²) in [5.41, 5.74) is 16.3. The number of ether oxygens (including phenoxy) is 5. The molecule has 2 fully saturated rings. The van der Waals surface area contributed by atoms with Crippen molar-refractivity contribution in [1.82, 2.24) is 9.55 Å². The second-order valence-electron chi connectivity index (χ2n) is 13.5. The minimum atomic E-state index is -0.590. The number of aromatic nitrogens is 2. The SMILES string of the molecule is COc1cc(-c2cnc(N)c(-c3ccc(NC(=O)c4cn(CC5(N)CCOCC5)cc(-c5ccc(F)cc5)c4=O)cc3)c2)ccc1OC[C@H]1COCCO1. The minimum absolute atomic E-state index is 0.0686. The van der Waals surface area contributed by atoms with Gasteiger partial charge in [-0.05, 0) is 72.0 Å². The number of amides is 1. The first-order chi connectivity index (χ1) is 26.2. The van der Waals surface area contributed by atoms with Gasteiger partial charge in [-0.3, -0.25) is 9.59 Å². The largest absolute Gasteiger partial charge is 0.493 e.